The van der Waals surface area contributed by atoms with Crippen molar-refractivity contribution in [3.8, 4) is 0 Å². The van der Waals surface area contributed by atoms with E-state index >= 15 is 0 Å². The van der Waals surface area contributed by atoms with Gasteiger partial charge in [0.05, 0.1) is 12.7 Å². The molecule has 1 atom stereocenters. The molecule has 0 spiro atoms. The van der Waals surface area contributed by atoms with E-state index in [0.29, 0.717) is 19.8 Å². The Labute approximate surface area is 110 Å². The maximum absolute atomic E-state index is 9.64. The molecule has 2 N–H and O–H groups in total. The van der Waals surface area contributed by atoms with Crippen molar-refractivity contribution in [1.29, 1.82) is 0 Å². The van der Waals surface area contributed by atoms with Crippen molar-refractivity contribution in [3.63, 3.8) is 0 Å². The van der Waals surface area contributed by atoms with E-state index in [1.54, 1.807) is 0 Å². The van der Waals surface area contributed by atoms with Crippen molar-refractivity contribution in [2.24, 2.45) is 0 Å². The number of aliphatic hydroxyl groups is 1. The molecule has 18 heavy (non-hydrogen) atoms. The fourth-order valence-corrected chi connectivity index (χ4v) is 1.64. The zero-order chi connectivity index (χ0) is 13.6. The first kappa shape index (κ1) is 15.0. The molecule has 0 radical (unpaired) electrons. The van der Waals surface area contributed by atoms with E-state index < -0.39 is 6.10 Å². The molecule has 0 saturated heterocycles. The topological polar surface area (TPSA) is 41.5 Å². The summed E-state index contributed by atoms with van der Waals surface area (Å²) >= 11 is 0. The summed E-state index contributed by atoms with van der Waals surface area (Å²) in [5, 5.41) is 12.8. The molecule has 0 aliphatic carbocycles. The van der Waals surface area contributed by atoms with Gasteiger partial charge >= 0.3 is 0 Å². The van der Waals surface area contributed by atoms with E-state index in [1.165, 1.54) is 5.56 Å². The number of benzene rings is 1. The SMILES string of the molecule is CCOCC(O)CNc1ccc(C(C)(C)C)cc1. The van der Waals surface area contributed by atoms with Crippen LogP contribution < -0.4 is 5.32 Å². The number of hydrogen-bond acceptors (Lipinski definition) is 3. The third kappa shape index (κ3) is 5.07. The number of nitrogens with one attached hydrogen (secondary N) is 1. The van der Waals surface area contributed by atoms with Crippen LogP contribution in [0.1, 0.15) is 33.3 Å². The molecule has 0 aliphatic heterocycles. The Bertz CT molecular complexity index is 341. The molecule has 1 aromatic carbocycles. The molecule has 0 aliphatic rings. The van der Waals surface area contributed by atoms with Crippen LogP contribution in [0, 0.1) is 0 Å². The van der Waals surface area contributed by atoms with Crippen LogP contribution in [0.2, 0.25) is 0 Å². The highest BCUT2D eigenvalue weighted by atomic mass is 16.5. The second-order valence-corrected chi connectivity index (χ2v) is 5.52. The van der Waals surface area contributed by atoms with Crippen LogP contribution in [0.15, 0.2) is 24.3 Å². The minimum Gasteiger partial charge on any atom is -0.389 e. The van der Waals surface area contributed by atoms with Gasteiger partial charge in [0.2, 0.25) is 0 Å². The molecular formula is C15H25NO2. The van der Waals surface area contributed by atoms with Gasteiger partial charge in [0.25, 0.3) is 0 Å². The number of ether oxygens (including phenoxy) is 1. The number of anilines is 1. The summed E-state index contributed by atoms with van der Waals surface area (Å²) < 4.78 is 5.16. The van der Waals surface area contributed by atoms with Crippen LogP contribution in [0.3, 0.4) is 0 Å². The van der Waals surface area contributed by atoms with Crippen molar-refractivity contribution in [1.82, 2.24) is 0 Å². The second kappa shape index (κ2) is 6.76. The van der Waals surface area contributed by atoms with Gasteiger partial charge < -0.3 is 15.2 Å². The molecule has 0 heterocycles. The van der Waals surface area contributed by atoms with Crippen molar-refractivity contribution < 1.29 is 9.84 Å². The Balaban J connectivity index is 2.44. The zero-order valence-electron chi connectivity index (χ0n) is 11.9. The lowest BCUT2D eigenvalue weighted by atomic mass is 9.87. The molecule has 0 saturated carbocycles. The number of aliphatic hydroxyl groups excluding tert-OH is 1. The van der Waals surface area contributed by atoms with E-state index in [4.69, 9.17) is 4.74 Å². The summed E-state index contributed by atoms with van der Waals surface area (Å²) in [5.74, 6) is 0. The molecule has 1 rings (SSSR count). The van der Waals surface area contributed by atoms with Gasteiger partial charge in [-0.3, -0.25) is 0 Å². The van der Waals surface area contributed by atoms with Crippen LogP contribution >= 0.6 is 0 Å². The van der Waals surface area contributed by atoms with Crippen molar-refractivity contribution >= 4 is 5.69 Å². The first-order valence-electron chi connectivity index (χ1n) is 6.53. The van der Waals surface area contributed by atoms with Crippen molar-refractivity contribution in [2.45, 2.75) is 39.2 Å². The monoisotopic (exact) mass is 251 g/mol. The molecule has 3 nitrogen and oxygen atoms in total. The Kier molecular flexibility index (Phi) is 5.63. The van der Waals surface area contributed by atoms with Crippen LogP contribution in [-0.2, 0) is 10.2 Å². The van der Waals surface area contributed by atoms with Gasteiger partial charge in [-0.25, -0.2) is 0 Å². The van der Waals surface area contributed by atoms with Crippen LogP contribution in [0.25, 0.3) is 0 Å². The average Bonchev–Trinajstić information content (AvgIpc) is 2.33. The second-order valence-electron chi connectivity index (χ2n) is 5.52. The third-order valence-corrected chi connectivity index (χ3v) is 2.81. The van der Waals surface area contributed by atoms with Gasteiger partial charge in [-0.05, 0) is 30.0 Å². The molecule has 0 fully saturated rings. The van der Waals surface area contributed by atoms with E-state index in [0.717, 1.165) is 5.69 Å². The average molecular weight is 251 g/mol. The molecule has 0 amide bonds. The zero-order valence-corrected chi connectivity index (χ0v) is 11.9. The van der Waals surface area contributed by atoms with Crippen LogP contribution in [0.5, 0.6) is 0 Å². The summed E-state index contributed by atoms with van der Waals surface area (Å²) in [6.07, 6.45) is -0.466. The predicted octanol–water partition coefficient (Wildman–Crippen LogP) is 2.79. The van der Waals surface area contributed by atoms with Gasteiger partial charge in [0, 0.05) is 18.8 Å². The van der Waals surface area contributed by atoms with E-state index in [1.807, 2.05) is 19.1 Å². The third-order valence-electron chi connectivity index (χ3n) is 2.81. The van der Waals surface area contributed by atoms with Gasteiger partial charge in [-0.2, -0.15) is 0 Å². The lowest BCUT2D eigenvalue weighted by Crippen LogP contribution is -2.24. The quantitative estimate of drug-likeness (QED) is 0.817. The molecule has 0 bridgehead atoms. The summed E-state index contributed by atoms with van der Waals surface area (Å²) in [7, 11) is 0. The standard InChI is InChI=1S/C15H25NO2/c1-5-18-11-14(17)10-16-13-8-6-12(7-9-13)15(2,3)4/h6-9,14,16-17H,5,10-11H2,1-4H3. The highest BCUT2D eigenvalue weighted by Crippen LogP contribution is 2.23. The lowest BCUT2D eigenvalue weighted by Gasteiger charge is -2.19. The number of rotatable bonds is 6. The summed E-state index contributed by atoms with van der Waals surface area (Å²) in [4.78, 5) is 0. The first-order valence-corrected chi connectivity index (χ1v) is 6.53. The number of hydrogen-bond donors (Lipinski definition) is 2. The Morgan fingerprint density at radius 1 is 1.22 bits per heavy atom. The fraction of sp³-hybridized carbons (Fsp3) is 0.600. The van der Waals surface area contributed by atoms with Gasteiger partial charge in [-0.15, -0.1) is 0 Å². The molecule has 102 valence electrons. The van der Waals surface area contributed by atoms with Crippen molar-refractivity contribution in [2.75, 3.05) is 25.1 Å². The highest BCUT2D eigenvalue weighted by molar-refractivity contribution is 5.45. The Hall–Kier alpha value is -1.06. The van der Waals surface area contributed by atoms with E-state index in [2.05, 4.69) is 38.2 Å². The molecule has 0 aromatic heterocycles. The Morgan fingerprint density at radius 2 is 1.83 bits per heavy atom. The smallest absolute Gasteiger partial charge is 0.0945 e. The van der Waals surface area contributed by atoms with Gasteiger partial charge in [0.15, 0.2) is 0 Å². The maximum Gasteiger partial charge on any atom is 0.0945 e. The largest absolute Gasteiger partial charge is 0.389 e. The maximum atomic E-state index is 9.64. The molecule has 1 unspecified atom stereocenters. The molecule has 1 aromatic rings. The van der Waals surface area contributed by atoms with Crippen LogP contribution in [0.4, 0.5) is 5.69 Å². The van der Waals surface area contributed by atoms with Gasteiger partial charge in [0.1, 0.15) is 0 Å². The minimum atomic E-state index is -0.466. The summed E-state index contributed by atoms with van der Waals surface area (Å²) in [5.41, 5.74) is 2.51. The highest BCUT2D eigenvalue weighted by Gasteiger charge is 2.12. The molecular weight excluding hydrogens is 226 g/mol. The summed E-state index contributed by atoms with van der Waals surface area (Å²) in [6.45, 7) is 10.0. The van der Waals surface area contributed by atoms with E-state index in [9.17, 15) is 5.11 Å². The van der Waals surface area contributed by atoms with Crippen molar-refractivity contribution in [3.05, 3.63) is 29.8 Å². The van der Waals surface area contributed by atoms with Crippen LogP contribution in [-0.4, -0.2) is 31.0 Å². The predicted molar refractivity (Wildman–Crippen MR) is 76.1 cm³/mol. The molecule has 3 heteroatoms. The Morgan fingerprint density at radius 3 is 2.33 bits per heavy atom. The van der Waals surface area contributed by atoms with E-state index in [-0.39, 0.29) is 5.41 Å². The lowest BCUT2D eigenvalue weighted by molar-refractivity contribution is 0.0496. The minimum absolute atomic E-state index is 0.174. The summed E-state index contributed by atoms with van der Waals surface area (Å²) in [6, 6.07) is 8.34. The normalized spacial score (nSPS) is 13.4. The first-order chi connectivity index (χ1) is 8.43. The fourth-order valence-electron chi connectivity index (χ4n) is 1.64. The van der Waals surface area contributed by atoms with Gasteiger partial charge in [-0.1, -0.05) is 32.9 Å².